The Labute approximate surface area is 143 Å². The summed E-state index contributed by atoms with van der Waals surface area (Å²) >= 11 is 0. The first kappa shape index (κ1) is 19.6. The highest BCUT2D eigenvalue weighted by Gasteiger charge is 2.04. The summed E-state index contributed by atoms with van der Waals surface area (Å²) < 4.78 is 0. The highest BCUT2D eigenvalue weighted by molar-refractivity contribution is 5.70. The van der Waals surface area contributed by atoms with E-state index in [1.807, 2.05) is 20.2 Å². The summed E-state index contributed by atoms with van der Waals surface area (Å²) in [6, 6.07) is 9.08. The van der Waals surface area contributed by atoms with Crippen molar-refractivity contribution in [2.24, 2.45) is 10.9 Å². The zero-order valence-corrected chi connectivity index (χ0v) is 15.7. The van der Waals surface area contributed by atoms with Crippen molar-refractivity contribution >= 4 is 11.8 Å². The van der Waals surface area contributed by atoms with Crippen LogP contribution in [0.15, 0.2) is 35.0 Å². The Bertz CT molecular complexity index is 497. The number of nitrogens with zero attached hydrogens (tertiary/aromatic N) is 1. The van der Waals surface area contributed by atoms with Gasteiger partial charge in [-0.2, -0.15) is 0 Å². The van der Waals surface area contributed by atoms with Crippen LogP contribution >= 0.6 is 0 Å². The van der Waals surface area contributed by atoms with Gasteiger partial charge in [0.15, 0.2) is 0 Å². The molecule has 0 amide bonds. The van der Waals surface area contributed by atoms with E-state index in [9.17, 15) is 0 Å². The number of hydrogen-bond acceptors (Lipinski definition) is 2. The molecule has 2 heteroatoms. The number of nitrogens with one attached hydrogen (secondary N) is 1. The Morgan fingerprint density at radius 3 is 2.48 bits per heavy atom. The molecule has 1 unspecified atom stereocenters. The lowest BCUT2D eigenvalue weighted by Crippen LogP contribution is -2.15. The van der Waals surface area contributed by atoms with Gasteiger partial charge in [-0.05, 0) is 75.7 Å². The number of unbranched alkanes of at least 4 members (excludes halogenated alkanes) is 1. The minimum Gasteiger partial charge on any atom is -0.319 e. The van der Waals surface area contributed by atoms with Crippen molar-refractivity contribution in [2.45, 2.75) is 59.8 Å². The van der Waals surface area contributed by atoms with E-state index < -0.39 is 0 Å². The van der Waals surface area contributed by atoms with Crippen LogP contribution in [0.1, 0.15) is 64.5 Å². The summed E-state index contributed by atoms with van der Waals surface area (Å²) in [5, 5.41) is 3.25. The van der Waals surface area contributed by atoms with Gasteiger partial charge in [-0.3, -0.25) is 4.99 Å². The van der Waals surface area contributed by atoms with Crippen molar-refractivity contribution in [3.63, 3.8) is 0 Å². The van der Waals surface area contributed by atoms with Gasteiger partial charge in [0.1, 0.15) is 0 Å². The van der Waals surface area contributed by atoms with Crippen molar-refractivity contribution in [1.82, 2.24) is 5.32 Å². The Hall–Kier alpha value is -1.41. The highest BCUT2D eigenvalue weighted by Crippen LogP contribution is 2.23. The molecule has 0 radical (unpaired) electrons. The Morgan fingerprint density at radius 1 is 1.22 bits per heavy atom. The van der Waals surface area contributed by atoms with E-state index in [0.29, 0.717) is 0 Å². The molecule has 23 heavy (non-hydrogen) atoms. The van der Waals surface area contributed by atoms with Crippen LogP contribution in [-0.4, -0.2) is 19.8 Å². The van der Waals surface area contributed by atoms with E-state index in [0.717, 1.165) is 24.6 Å². The fraction of sp³-hybridized carbons (Fsp3) is 0.571. The number of hydrogen-bond donors (Lipinski definition) is 1. The lowest BCUT2D eigenvalue weighted by Gasteiger charge is -2.11. The van der Waals surface area contributed by atoms with E-state index in [1.165, 1.54) is 42.4 Å². The molecular formula is C21H34N2. The zero-order valence-electron chi connectivity index (χ0n) is 15.7. The van der Waals surface area contributed by atoms with Gasteiger partial charge in [-0.1, -0.05) is 44.5 Å². The lowest BCUT2D eigenvalue weighted by atomic mass is 9.97. The van der Waals surface area contributed by atoms with Crippen LogP contribution in [0.3, 0.4) is 0 Å². The number of aryl methyl sites for hydroxylation is 1. The van der Waals surface area contributed by atoms with Crippen molar-refractivity contribution in [3.8, 4) is 0 Å². The summed E-state index contributed by atoms with van der Waals surface area (Å²) in [6.45, 7) is 9.71. The quantitative estimate of drug-likeness (QED) is 0.448. The van der Waals surface area contributed by atoms with Crippen LogP contribution in [0.5, 0.6) is 0 Å². The number of benzene rings is 1. The van der Waals surface area contributed by atoms with Crippen LogP contribution in [0.4, 0.5) is 0 Å². The van der Waals surface area contributed by atoms with Crippen LogP contribution in [0.25, 0.3) is 5.57 Å². The maximum absolute atomic E-state index is 4.44. The van der Waals surface area contributed by atoms with Gasteiger partial charge in [0.2, 0.25) is 0 Å². The van der Waals surface area contributed by atoms with Gasteiger partial charge in [-0.25, -0.2) is 0 Å². The van der Waals surface area contributed by atoms with E-state index in [1.54, 1.807) is 0 Å². The molecule has 128 valence electrons. The smallest absolute Gasteiger partial charge is 0.0406 e. The molecule has 1 atom stereocenters. The topological polar surface area (TPSA) is 24.4 Å². The van der Waals surface area contributed by atoms with Gasteiger partial charge in [0.05, 0.1) is 0 Å². The number of aliphatic imine (C=N–C) groups is 1. The summed E-state index contributed by atoms with van der Waals surface area (Å²) in [7, 11) is 2.03. The second-order valence-electron chi connectivity index (χ2n) is 6.41. The number of allylic oxidation sites excluding steroid dienone is 2. The molecule has 0 saturated carbocycles. The molecule has 1 aromatic rings. The van der Waals surface area contributed by atoms with Crippen molar-refractivity contribution < 1.29 is 0 Å². The fourth-order valence-electron chi connectivity index (χ4n) is 3.09. The maximum Gasteiger partial charge on any atom is 0.0406 e. The molecule has 0 aliphatic heterocycles. The summed E-state index contributed by atoms with van der Waals surface area (Å²) in [4.78, 5) is 4.44. The van der Waals surface area contributed by atoms with Gasteiger partial charge in [0.25, 0.3) is 0 Å². The molecule has 0 bridgehead atoms. The van der Waals surface area contributed by atoms with Crippen LogP contribution < -0.4 is 5.32 Å². The first-order valence-corrected chi connectivity index (χ1v) is 9.04. The molecule has 0 aliphatic carbocycles. The minimum atomic E-state index is 0.779. The minimum absolute atomic E-state index is 0.779. The standard InChI is InChI=1S/C21H34N2/c1-6-21(18(4)23-7-2)20-14-12-19(13-15-20)11-9-8-10-17(3)16-22-5/h7,12-15,17,22H,6,8-11,16H2,1-5H3/b21-18+,23-7?. The Balaban J connectivity index is 2.55. The normalized spacial score (nSPS) is 14.1. The average Bonchev–Trinajstić information content (AvgIpc) is 2.54. The van der Waals surface area contributed by atoms with E-state index in [2.05, 4.69) is 55.3 Å². The largest absolute Gasteiger partial charge is 0.319 e. The molecule has 0 fully saturated rings. The first-order chi connectivity index (χ1) is 11.1. The van der Waals surface area contributed by atoms with Gasteiger partial charge < -0.3 is 5.32 Å². The molecule has 1 aromatic carbocycles. The lowest BCUT2D eigenvalue weighted by molar-refractivity contribution is 0.477. The van der Waals surface area contributed by atoms with Crippen molar-refractivity contribution in [2.75, 3.05) is 13.6 Å². The molecule has 0 aromatic heterocycles. The second-order valence-corrected chi connectivity index (χ2v) is 6.41. The number of rotatable bonds is 10. The molecule has 1 N–H and O–H groups in total. The Kier molecular flexibility index (Phi) is 9.54. The van der Waals surface area contributed by atoms with Crippen molar-refractivity contribution in [3.05, 3.63) is 41.1 Å². The maximum atomic E-state index is 4.44. The van der Waals surface area contributed by atoms with Crippen LogP contribution in [0.2, 0.25) is 0 Å². The Morgan fingerprint density at radius 2 is 1.91 bits per heavy atom. The molecule has 0 heterocycles. The van der Waals surface area contributed by atoms with E-state index in [4.69, 9.17) is 0 Å². The van der Waals surface area contributed by atoms with Gasteiger partial charge in [-0.15, -0.1) is 0 Å². The fourth-order valence-corrected chi connectivity index (χ4v) is 3.09. The molecule has 0 saturated heterocycles. The first-order valence-electron chi connectivity index (χ1n) is 9.04. The second kappa shape index (κ2) is 11.2. The molecule has 2 nitrogen and oxygen atoms in total. The summed E-state index contributed by atoms with van der Waals surface area (Å²) in [6.07, 6.45) is 7.98. The predicted octanol–water partition coefficient (Wildman–Crippen LogP) is 5.49. The van der Waals surface area contributed by atoms with Crippen LogP contribution in [-0.2, 0) is 6.42 Å². The summed E-state index contributed by atoms with van der Waals surface area (Å²) in [5.41, 5.74) is 5.22. The van der Waals surface area contributed by atoms with E-state index in [-0.39, 0.29) is 0 Å². The third-order valence-corrected chi connectivity index (χ3v) is 4.38. The molecule has 1 rings (SSSR count). The SMILES string of the molecule is CC=N/C(C)=C(\CC)c1ccc(CCCCC(C)CNC)cc1. The van der Waals surface area contributed by atoms with Gasteiger partial charge in [0, 0.05) is 11.9 Å². The highest BCUT2D eigenvalue weighted by atomic mass is 14.8. The predicted molar refractivity (Wildman–Crippen MR) is 104 cm³/mol. The zero-order chi connectivity index (χ0) is 17.1. The van der Waals surface area contributed by atoms with Gasteiger partial charge >= 0.3 is 0 Å². The third kappa shape index (κ3) is 7.13. The van der Waals surface area contributed by atoms with E-state index >= 15 is 0 Å². The molecule has 0 spiro atoms. The monoisotopic (exact) mass is 314 g/mol. The third-order valence-electron chi connectivity index (χ3n) is 4.38. The van der Waals surface area contributed by atoms with Crippen molar-refractivity contribution in [1.29, 1.82) is 0 Å². The summed E-state index contributed by atoms with van der Waals surface area (Å²) in [5.74, 6) is 0.779. The van der Waals surface area contributed by atoms with Crippen LogP contribution in [0, 0.1) is 5.92 Å². The average molecular weight is 315 g/mol. The molecule has 0 aliphatic rings. The molecular weight excluding hydrogens is 280 g/mol.